The molecule has 0 aliphatic heterocycles. The second kappa shape index (κ2) is 7.36. The first-order valence-electron chi connectivity index (χ1n) is 6.85. The van der Waals surface area contributed by atoms with E-state index in [1.165, 1.54) is 11.1 Å². The Labute approximate surface area is 125 Å². The number of para-hydroxylation sites is 1. The Hall–Kier alpha value is -1.45. The van der Waals surface area contributed by atoms with E-state index < -0.39 is 0 Å². The molecule has 0 aliphatic carbocycles. The Morgan fingerprint density at radius 3 is 2.65 bits per heavy atom. The third-order valence-electron chi connectivity index (χ3n) is 3.18. The molecule has 0 radical (unpaired) electrons. The molecule has 2 aromatic rings. The fourth-order valence-corrected chi connectivity index (χ4v) is 2.55. The molecule has 0 unspecified atom stereocenters. The van der Waals surface area contributed by atoms with Crippen LogP contribution in [-0.2, 0) is 6.54 Å². The Kier molecular flexibility index (Phi) is 5.50. The van der Waals surface area contributed by atoms with E-state index in [1.54, 1.807) is 11.8 Å². The normalized spacial score (nSPS) is 10.6. The van der Waals surface area contributed by atoms with E-state index in [9.17, 15) is 0 Å². The van der Waals surface area contributed by atoms with Crippen molar-refractivity contribution in [2.75, 3.05) is 12.8 Å². The lowest BCUT2D eigenvalue weighted by Gasteiger charge is -2.12. The van der Waals surface area contributed by atoms with Crippen molar-refractivity contribution in [1.29, 1.82) is 0 Å². The van der Waals surface area contributed by atoms with Crippen LogP contribution in [0.1, 0.15) is 18.1 Å². The highest BCUT2D eigenvalue weighted by atomic mass is 32.2. The molecule has 0 atom stereocenters. The second-order valence-electron chi connectivity index (χ2n) is 4.62. The minimum atomic E-state index is 0.893. The molecule has 3 heteroatoms. The minimum Gasteiger partial charge on any atom is -0.456 e. The fourth-order valence-electron chi connectivity index (χ4n) is 2.02. The fraction of sp³-hybridized carbons (Fsp3) is 0.294. The van der Waals surface area contributed by atoms with Crippen molar-refractivity contribution in [2.24, 2.45) is 0 Å². The summed E-state index contributed by atoms with van der Waals surface area (Å²) in [4.78, 5) is 1.15. The van der Waals surface area contributed by atoms with Gasteiger partial charge in [0.05, 0.1) is 0 Å². The van der Waals surface area contributed by atoms with Gasteiger partial charge in [0.15, 0.2) is 0 Å². The molecule has 0 spiro atoms. The summed E-state index contributed by atoms with van der Waals surface area (Å²) in [5.74, 6) is 1.81. The number of benzene rings is 2. The summed E-state index contributed by atoms with van der Waals surface area (Å²) >= 11 is 1.70. The molecule has 20 heavy (non-hydrogen) atoms. The summed E-state index contributed by atoms with van der Waals surface area (Å²) in [6.45, 7) is 6.13. The molecule has 0 fully saturated rings. The number of nitrogens with one attached hydrogen (secondary N) is 1. The van der Waals surface area contributed by atoms with E-state index in [0.717, 1.165) is 29.5 Å². The van der Waals surface area contributed by atoms with Crippen LogP contribution in [0.5, 0.6) is 11.5 Å². The molecule has 0 amide bonds. The van der Waals surface area contributed by atoms with Gasteiger partial charge < -0.3 is 10.1 Å². The van der Waals surface area contributed by atoms with Crippen molar-refractivity contribution in [3.05, 3.63) is 53.6 Å². The number of thioether (sulfide) groups is 1. The van der Waals surface area contributed by atoms with Crippen molar-refractivity contribution in [2.45, 2.75) is 25.3 Å². The lowest BCUT2D eigenvalue weighted by atomic mass is 10.1. The van der Waals surface area contributed by atoms with E-state index in [2.05, 4.69) is 43.6 Å². The van der Waals surface area contributed by atoms with Crippen LogP contribution in [0, 0.1) is 6.92 Å². The maximum atomic E-state index is 6.00. The van der Waals surface area contributed by atoms with E-state index in [1.807, 2.05) is 24.3 Å². The van der Waals surface area contributed by atoms with Crippen LogP contribution in [-0.4, -0.2) is 12.8 Å². The van der Waals surface area contributed by atoms with Crippen molar-refractivity contribution >= 4 is 11.8 Å². The number of rotatable bonds is 6. The molecule has 0 saturated heterocycles. The van der Waals surface area contributed by atoms with Gasteiger partial charge in [-0.2, -0.15) is 0 Å². The van der Waals surface area contributed by atoms with Crippen molar-refractivity contribution in [3.8, 4) is 11.5 Å². The summed E-state index contributed by atoms with van der Waals surface area (Å²) in [5, 5.41) is 3.35. The van der Waals surface area contributed by atoms with Gasteiger partial charge in [0.2, 0.25) is 0 Å². The molecule has 2 rings (SSSR count). The topological polar surface area (TPSA) is 21.3 Å². The maximum Gasteiger partial charge on any atom is 0.140 e. The average molecular weight is 287 g/mol. The first-order valence-corrected chi connectivity index (χ1v) is 8.08. The molecular formula is C17H21NOS. The Morgan fingerprint density at radius 1 is 1.15 bits per heavy atom. The van der Waals surface area contributed by atoms with E-state index in [-0.39, 0.29) is 0 Å². The number of aryl methyl sites for hydroxylation is 1. The smallest absolute Gasteiger partial charge is 0.140 e. The standard InChI is InChI=1S/C17H21NOS/c1-4-18-12-14-9-10-15(11-13(14)2)19-16-7-5-6-8-17(16)20-3/h5-11,18H,4,12H2,1-3H3. The highest BCUT2D eigenvalue weighted by molar-refractivity contribution is 7.98. The van der Waals surface area contributed by atoms with E-state index in [4.69, 9.17) is 4.74 Å². The zero-order valence-corrected chi connectivity index (χ0v) is 13.1. The van der Waals surface area contributed by atoms with Crippen LogP contribution in [0.15, 0.2) is 47.4 Å². The number of hydrogen-bond donors (Lipinski definition) is 1. The third-order valence-corrected chi connectivity index (χ3v) is 3.95. The van der Waals surface area contributed by atoms with Crippen molar-refractivity contribution in [1.82, 2.24) is 5.32 Å². The van der Waals surface area contributed by atoms with Gasteiger partial charge in [0, 0.05) is 11.4 Å². The largest absolute Gasteiger partial charge is 0.456 e. The summed E-state index contributed by atoms with van der Waals surface area (Å²) in [6.07, 6.45) is 2.06. The van der Waals surface area contributed by atoms with Gasteiger partial charge in [-0.1, -0.05) is 25.1 Å². The SMILES string of the molecule is CCNCc1ccc(Oc2ccccc2SC)cc1C. The molecule has 2 nitrogen and oxygen atoms in total. The predicted octanol–water partition coefficient (Wildman–Crippen LogP) is 4.62. The van der Waals surface area contributed by atoms with Gasteiger partial charge in [0.1, 0.15) is 11.5 Å². The first-order chi connectivity index (χ1) is 9.74. The molecule has 0 bridgehead atoms. The number of hydrogen-bond acceptors (Lipinski definition) is 3. The predicted molar refractivity (Wildman–Crippen MR) is 86.9 cm³/mol. The lowest BCUT2D eigenvalue weighted by molar-refractivity contribution is 0.470. The van der Waals surface area contributed by atoms with Gasteiger partial charge in [-0.15, -0.1) is 11.8 Å². The monoisotopic (exact) mass is 287 g/mol. The second-order valence-corrected chi connectivity index (χ2v) is 5.47. The summed E-state index contributed by atoms with van der Waals surface area (Å²) < 4.78 is 6.00. The van der Waals surface area contributed by atoms with Gasteiger partial charge in [0.25, 0.3) is 0 Å². The maximum absolute atomic E-state index is 6.00. The first kappa shape index (κ1) is 14.9. The van der Waals surface area contributed by atoms with Crippen LogP contribution >= 0.6 is 11.8 Å². The van der Waals surface area contributed by atoms with Crippen LogP contribution in [0.25, 0.3) is 0 Å². The quantitative estimate of drug-likeness (QED) is 0.783. The Morgan fingerprint density at radius 2 is 1.95 bits per heavy atom. The Bertz CT molecular complexity index is 569. The lowest BCUT2D eigenvalue weighted by Crippen LogP contribution is -2.12. The summed E-state index contributed by atoms with van der Waals surface area (Å²) in [7, 11) is 0. The molecule has 0 heterocycles. The molecule has 106 valence electrons. The zero-order chi connectivity index (χ0) is 14.4. The van der Waals surface area contributed by atoms with Crippen LogP contribution in [0.2, 0.25) is 0 Å². The average Bonchev–Trinajstić information content (AvgIpc) is 2.47. The molecular weight excluding hydrogens is 266 g/mol. The minimum absolute atomic E-state index is 0.893. The van der Waals surface area contributed by atoms with Gasteiger partial charge >= 0.3 is 0 Å². The van der Waals surface area contributed by atoms with Crippen LogP contribution in [0.3, 0.4) is 0 Å². The Balaban J connectivity index is 2.16. The van der Waals surface area contributed by atoms with Gasteiger partial charge in [-0.3, -0.25) is 0 Å². The highest BCUT2D eigenvalue weighted by Crippen LogP contribution is 2.31. The van der Waals surface area contributed by atoms with E-state index >= 15 is 0 Å². The van der Waals surface area contributed by atoms with Gasteiger partial charge in [-0.25, -0.2) is 0 Å². The van der Waals surface area contributed by atoms with Crippen LogP contribution < -0.4 is 10.1 Å². The van der Waals surface area contributed by atoms with E-state index in [0.29, 0.717) is 0 Å². The van der Waals surface area contributed by atoms with Crippen molar-refractivity contribution < 1.29 is 4.74 Å². The summed E-state index contributed by atoms with van der Waals surface area (Å²) in [5.41, 5.74) is 2.57. The third kappa shape index (κ3) is 3.78. The zero-order valence-electron chi connectivity index (χ0n) is 12.3. The molecule has 0 saturated carbocycles. The summed E-state index contributed by atoms with van der Waals surface area (Å²) in [6, 6.07) is 14.4. The molecule has 1 N–H and O–H groups in total. The van der Waals surface area contributed by atoms with Crippen molar-refractivity contribution in [3.63, 3.8) is 0 Å². The van der Waals surface area contributed by atoms with Gasteiger partial charge in [-0.05, 0) is 55.1 Å². The molecule has 0 aliphatic rings. The molecule has 0 aromatic heterocycles. The van der Waals surface area contributed by atoms with Crippen LogP contribution in [0.4, 0.5) is 0 Å². The highest BCUT2D eigenvalue weighted by Gasteiger charge is 2.05. The molecule has 2 aromatic carbocycles. The number of ether oxygens (including phenoxy) is 1.